The largest absolute Gasteiger partial charge is 0.323 e. The molecule has 4 heterocycles. The van der Waals surface area contributed by atoms with Gasteiger partial charge in [0.2, 0.25) is 0 Å². The van der Waals surface area contributed by atoms with Gasteiger partial charge in [-0.3, -0.25) is 9.67 Å². The molecule has 0 saturated carbocycles. The maximum Gasteiger partial charge on any atom is 0.154 e. The van der Waals surface area contributed by atoms with Gasteiger partial charge in [-0.15, -0.1) is 5.10 Å². The fourth-order valence-electron chi connectivity index (χ4n) is 3.75. The van der Waals surface area contributed by atoms with E-state index in [-0.39, 0.29) is 0 Å². The first-order valence-electron chi connectivity index (χ1n) is 11.7. The number of pyridine rings is 2. The second-order valence-electron chi connectivity index (χ2n) is 8.49. The van der Waals surface area contributed by atoms with Crippen LogP contribution in [0.3, 0.4) is 0 Å². The number of aryl methyl sites for hydroxylation is 1. The lowest BCUT2D eigenvalue weighted by molar-refractivity contribution is 0.291. The molecule has 1 N–H and O–H groups in total. The predicted molar refractivity (Wildman–Crippen MR) is 133 cm³/mol. The molecule has 0 aromatic carbocycles. The van der Waals surface area contributed by atoms with Gasteiger partial charge in [0.25, 0.3) is 0 Å². The molecule has 0 saturated heterocycles. The summed E-state index contributed by atoms with van der Waals surface area (Å²) in [6.45, 7) is 12.8. The van der Waals surface area contributed by atoms with Gasteiger partial charge in [0, 0.05) is 30.1 Å². The zero-order valence-electron chi connectivity index (χ0n) is 19.9. The molecule has 0 bridgehead atoms. The minimum atomic E-state index is 0.385. The summed E-state index contributed by atoms with van der Waals surface area (Å²) < 4.78 is 2.01. The Balaban J connectivity index is 1.49. The first kappa shape index (κ1) is 22.8. The predicted octanol–water partition coefficient (Wildman–Crippen LogP) is 4.88. The molecule has 0 radical (unpaired) electrons. The van der Waals surface area contributed by atoms with Gasteiger partial charge in [-0.2, -0.15) is 10.2 Å². The average Bonchev–Trinajstić information content (AvgIpc) is 3.30. The molecule has 0 atom stereocenters. The Bertz CT molecular complexity index is 1200. The van der Waals surface area contributed by atoms with Crippen LogP contribution in [-0.2, 0) is 6.54 Å². The summed E-state index contributed by atoms with van der Waals surface area (Å²) >= 11 is 0. The summed E-state index contributed by atoms with van der Waals surface area (Å²) in [5, 5.41) is 16.1. The third kappa shape index (κ3) is 5.70. The lowest BCUT2D eigenvalue weighted by atomic mass is 10.1. The molecule has 0 fully saturated rings. The average molecular weight is 445 g/mol. The minimum Gasteiger partial charge on any atom is -0.323 e. The molecule has 0 spiro atoms. The van der Waals surface area contributed by atoms with Gasteiger partial charge < -0.3 is 10.2 Å². The first-order chi connectivity index (χ1) is 16.1. The zero-order valence-corrected chi connectivity index (χ0v) is 19.9. The number of fused-ring (bicyclic) bond motifs is 1. The highest BCUT2D eigenvalue weighted by molar-refractivity contribution is 5.81. The number of nitrogens with zero attached hydrogens (tertiary/aromatic N) is 7. The van der Waals surface area contributed by atoms with E-state index in [1.54, 1.807) is 6.20 Å². The lowest BCUT2D eigenvalue weighted by Gasteiger charge is -2.17. The summed E-state index contributed by atoms with van der Waals surface area (Å²) in [5.41, 5.74) is 4.84. The standard InChI is InChI=1S/C25H32N8/c1-5-32(6-2)10-7-11-33-17-21(16-28-33)20-12-23-22(26-14-20)8-9-24(29-23)30-25-13-19(18(3)4)15-27-31-25/h8-9,12-18H,5-7,10-11H2,1-4H3,(H,29,30,31). The maximum absolute atomic E-state index is 4.75. The van der Waals surface area contributed by atoms with Gasteiger partial charge >= 0.3 is 0 Å². The van der Waals surface area contributed by atoms with Gasteiger partial charge in [0.05, 0.1) is 23.4 Å². The van der Waals surface area contributed by atoms with E-state index in [1.807, 2.05) is 35.3 Å². The highest BCUT2D eigenvalue weighted by Crippen LogP contribution is 2.24. The van der Waals surface area contributed by atoms with Crippen molar-refractivity contribution in [1.82, 2.24) is 34.8 Å². The molecule has 172 valence electrons. The zero-order chi connectivity index (χ0) is 23.2. The Morgan fingerprint density at radius 1 is 0.970 bits per heavy atom. The molecule has 4 rings (SSSR count). The van der Waals surface area contributed by atoms with Crippen LogP contribution in [0.15, 0.2) is 49.1 Å². The van der Waals surface area contributed by atoms with Gasteiger partial charge in [-0.05, 0) is 61.8 Å². The summed E-state index contributed by atoms with van der Waals surface area (Å²) in [7, 11) is 0. The van der Waals surface area contributed by atoms with E-state index in [0.717, 1.165) is 60.3 Å². The van der Waals surface area contributed by atoms with Crippen LogP contribution in [0.5, 0.6) is 0 Å². The molecule has 4 aromatic heterocycles. The van der Waals surface area contributed by atoms with Crippen LogP contribution in [-0.4, -0.2) is 54.5 Å². The second kappa shape index (κ2) is 10.5. The topological polar surface area (TPSA) is 84.7 Å². The molecule has 0 unspecified atom stereocenters. The van der Waals surface area contributed by atoms with E-state index in [4.69, 9.17) is 4.98 Å². The molecule has 0 aliphatic heterocycles. The van der Waals surface area contributed by atoms with Gasteiger partial charge in [-0.1, -0.05) is 27.7 Å². The van der Waals surface area contributed by atoms with Gasteiger partial charge in [-0.25, -0.2) is 4.98 Å². The van der Waals surface area contributed by atoms with E-state index in [9.17, 15) is 0 Å². The van der Waals surface area contributed by atoms with Crippen molar-refractivity contribution in [2.24, 2.45) is 0 Å². The van der Waals surface area contributed by atoms with Crippen LogP contribution in [0.2, 0.25) is 0 Å². The molecular weight excluding hydrogens is 412 g/mol. The van der Waals surface area contributed by atoms with E-state index in [0.29, 0.717) is 17.6 Å². The lowest BCUT2D eigenvalue weighted by Crippen LogP contribution is -2.24. The summed E-state index contributed by atoms with van der Waals surface area (Å²) in [5.74, 6) is 1.78. The van der Waals surface area contributed by atoms with Gasteiger partial charge in [0.1, 0.15) is 5.82 Å². The summed E-state index contributed by atoms with van der Waals surface area (Å²) in [6, 6.07) is 7.94. The highest BCUT2D eigenvalue weighted by Gasteiger charge is 2.08. The monoisotopic (exact) mass is 444 g/mol. The van der Waals surface area contributed by atoms with Crippen LogP contribution in [0.25, 0.3) is 22.2 Å². The number of hydrogen-bond acceptors (Lipinski definition) is 7. The van der Waals surface area contributed by atoms with E-state index in [2.05, 4.69) is 70.5 Å². The molecule has 4 aromatic rings. The van der Waals surface area contributed by atoms with Crippen LogP contribution in [0.4, 0.5) is 11.6 Å². The van der Waals surface area contributed by atoms with Crippen molar-refractivity contribution < 1.29 is 0 Å². The summed E-state index contributed by atoms with van der Waals surface area (Å²) in [6.07, 6.45) is 8.74. The van der Waals surface area contributed by atoms with E-state index >= 15 is 0 Å². The number of aromatic nitrogens is 6. The molecule has 8 nitrogen and oxygen atoms in total. The Morgan fingerprint density at radius 2 is 1.82 bits per heavy atom. The van der Waals surface area contributed by atoms with Crippen LogP contribution >= 0.6 is 0 Å². The van der Waals surface area contributed by atoms with Crippen molar-refractivity contribution in [3.05, 3.63) is 54.6 Å². The Labute approximate surface area is 195 Å². The van der Waals surface area contributed by atoms with Crippen LogP contribution in [0, 0.1) is 0 Å². The molecule has 8 heteroatoms. The van der Waals surface area contributed by atoms with Crippen molar-refractivity contribution in [3.8, 4) is 11.1 Å². The minimum absolute atomic E-state index is 0.385. The van der Waals surface area contributed by atoms with E-state index in [1.165, 1.54) is 0 Å². The molecule has 0 amide bonds. The summed E-state index contributed by atoms with van der Waals surface area (Å²) in [4.78, 5) is 11.8. The van der Waals surface area contributed by atoms with Crippen molar-refractivity contribution in [2.75, 3.05) is 25.0 Å². The number of anilines is 2. The first-order valence-corrected chi connectivity index (χ1v) is 11.7. The number of hydrogen-bond donors (Lipinski definition) is 1. The van der Waals surface area contributed by atoms with Crippen LogP contribution in [0.1, 0.15) is 45.6 Å². The Morgan fingerprint density at radius 3 is 2.61 bits per heavy atom. The molecular formula is C25H32N8. The van der Waals surface area contributed by atoms with Crippen molar-refractivity contribution in [2.45, 2.75) is 46.6 Å². The molecule has 33 heavy (non-hydrogen) atoms. The number of nitrogens with one attached hydrogen (secondary N) is 1. The third-order valence-electron chi connectivity index (χ3n) is 5.86. The quantitative estimate of drug-likeness (QED) is 0.373. The fourth-order valence-corrected chi connectivity index (χ4v) is 3.75. The van der Waals surface area contributed by atoms with Crippen molar-refractivity contribution in [3.63, 3.8) is 0 Å². The fraction of sp³-hybridized carbons (Fsp3) is 0.400. The SMILES string of the molecule is CCN(CC)CCCn1cc(-c2cnc3ccc(Nc4cc(C(C)C)cnn4)nc3c2)cn1. The normalized spacial score (nSPS) is 11.6. The third-order valence-corrected chi connectivity index (χ3v) is 5.86. The maximum atomic E-state index is 4.75. The van der Waals surface area contributed by atoms with Gasteiger partial charge in [0.15, 0.2) is 5.82 Å². The second-order valence-corrected chi connectivity index (χ2v) is 8.49. The smallest absolute Gasteiger partial charge is 0.154 e. The van der Waals surface area contributed by atoms with Crippen LogP contribution < -0.4 is 5.32 Å². The molecule has 0 aliphatic rings. The van der Waals surface area contributed by atoms with E-state index < -0.39 is 0 Å². The number of rotatable bonds is 10. The van der Waals surface area contributed by atoms with Crippen molar-refractivity contribution >= 4 is 22.7 Å². The Hall–Kier alpha value is -3.39. The Kier molecular flexibility index (Phi) is 7.24. The molecule has 0 aliphatic carbocycles. The van der Waals surface area contributed by atoms with Crippen molar-refractivity contribution in [1.29, 1.82) is 0 Å². The highest BCUT2D eigenvalue weighted by atomic mass is 15.3.